The predicted octanol–water partition coefficient (Wildman–Crippen LogP) is 4.61. The number of nitrogens with zero attached hydrogens (tertiary/aromatic N) is 3. The van der Waals surface area contributed by atoms with Crippen LogP contribution in [0, 0.1) is 0 Å². The third kappa shape index (κ3) is 3.96. The lowest BCUT2D eigenvalue weighted by Crippen LogP contribution is -2.40. The number of halogens is 1. The van der Waals surface area contributed by atoms with Crippen molar-refractivity contribution in [2.24, 2.45) is 0 Å². The van der Waals surface area contributed by atoms with E-state index in [1.54, 1.807) is 54.6 Å². The molecular weight excluding hydrogens is 464 g/mol. The van der Waals surface area contributed by atoms with Gasteiger partial charge >= 0.3 is 5.69 Å². The Hall–Kier alpha value is -4.36. The van der Waals surface area contributed by atoms with Gasteiger partial charge in [-0.3, -0.25) is 9.59 Å². The number of nitrogens with one attached hydrogen (secondary N) is 1. The van der Waals surface area contributed by atoms with Crippen molar-refractivity contribution in [2.75, 3.05) is 5.32 Å². The Morgan fingerprint density at radius 2 is 1.34 bits per heavy atom. The van der Waals surface area contributed by atoms with Gasteiger partial charge in [0.05, 0.1) is 17.1 Å². The number of fused-ring (bicyclic) bond motifs is 1. The minimum absolute atomic E-state index is 0.0137. The van der Waals surface area contributed by atoms with Crippen LogP contribution in [0.25, 0.3) is 22.4 Å². The molecule has 0 saturated carbocycles. The molecule has 7 nitrogen and oxygen atoms in total. The van der Waals surface area contributed by atoms with E-state index in [-0.39, 0.29) is 16.7 Å². The molecule has 8 heteroatoms. The topological polar surface area (TPSA) is 78.0 Å². The molecule has 2 aromatic heterocycles. The van der Waals surface area contributed by atoms with Gasteiger partial charge in [-0.05, 0) is 48.4 Å². The van der Waals surface area contributed by atoms with Gasteiger partial charge in [0.1, 0.15) is 5.39 Å². The Balaban J connectivity index is 1.91. The van der Waals surface area contributed by atoms with Gasteiger partial charge in [0.25, 0.3) is 11.1 Å². The zero-order valence-electron chi connectivity index (χ0n) is 18.8. The largest absolute Gasteiger partial charge is 0.355 e. The van der Waals surface area contributed by atoms with Crippen molar-refractivity contribution in [3.8, 4) is 11.4 Å². The third-order valence-electron chi connectivity index (χ3n) is 5.82. The van der Waals surface area contributed by atoms with E-state index in [0.29, 0.717) is 17.1 Å². The molecule has 0 unspecified atom stereocenters. The number of aromatic nitrogens is 3. The summed E-state index contributed by atoms with van der Waals surface area (Å²) < 4.78 is 3.18. The minimum Gasteiger partial charge on any atom is -0.355 e. The van der Waals surface area contributed by atoms with Crippen molar-refractivity contribution in [2.45, 2.75) is 13.3 Å². The molecule has 5 aromatic rings. The first-order chi connectivity index (χ1) is 17.0. The average Bonchev–Trinajstić information content (AvgIpc) is 2.88. The van der Waals surface area contributed by atoms with Crippen LogP contribution in [0.3, 0.4) is 0 Å². The number of para-hydroxylation sites is 2. The third-order valence-corrected chi connectivity index (χ3v) is 6.15. The number of rotatable bonds is 5. The highest BCUT2D eigenvalue weighted by atomic mass is 35.5. The summed E-state index contributed by atoms with van der Waals surface area (Å²) in [4.78, 5) is 40.5. The predicted molar refractivity (Wildman–Crippen MR) is 140 cm³/mol. The number of aryl methyl sites for hydroxylation is 1. The molecule has 0 amide bonds. The fourth-order valence-corrected chi connectivity index (χ4v) is 4.28. The maximum atomic E-state index is 13.8. The summed E-state index contributed by atoms with van der Waals surface area (Å²) in [6, 6.07) is 26.4. The second kappa shape index (κ2) is 9.12. The Labute approximate surface area is 205 Å². The van der Waals surface area contributed by atoms with Crippen molar-refractivity contribution in [3.63, 3.8) is 0 Å². The highest BCUT2D eigenvalue weighted by molar-refractivity contribution is 6.19. The lowest BCUT2D eigenvalue weighted by Gasteiger charge is -2.18. The molecule has 0 aliphatic carbocycles. The van der Waals surface area contributed by atoms with Crippen molar-refractivity contribution in [1.82, 2.24) is 13.2 Å². The Kier molecular flexibility index (Phi) is 5.84. The summed E-state index contributed by atoms with van der Waals surface area (Å²) in [5.74, 6) is 0. The van der Waals surface area contributed by atoms with Crippen molar-refractivity contribution in [1.29, 1.82) is 0 Å². The molecule has 0 bridgehead atoms. The molecule has 174 valence electrons. The van der Waals surface area contributed by atoms with Crippen LogP contribution in [0.1, 0.15) is 12.5 Å². The Bertz CT molecular complexity index is 1700. The summed E-state index contributed by atoms with van der Waals surface area (Å²) in [5, 5.41) is 3.29. The summed E-state index contributed by atoms with van der Waals surface area (Å²) in [6.07, 6.45) is 0.886. The van der Waals surface area contributed by atoms with Gasteiger partial charge in [-0.15, -0.1) is 0 Å². The number of pyridine rings is 1. The van der Waals surface area contributed by atoms with E-state index in [2.05, 4.69) is 12.2 Å². The van der Waals surface area contributed by atoms with Crippen LogP contribution >= 0.6 is 11.8 Å². The number of hydrogen-bond donors (Lipinski definition) is 1. The molecule has 0 spiro atoms. The average molecular weight is 485 g/mol. The fraction of sp³-hybridized carbons (Fsp3) is 0.0741. The smallest absolute Gasteiger partial charge is 0.341 e. The van der Waals surface area contributed by atoms with E-state index in [1.165, 1.54) is 10.6 Å². The molecule has 35 heavy (non-hydrogen) atoms. The van der Waals surface area contributed by atoms with Gasteiger partial charge in [0.2, 0.25) is 0 Å². The molecule has 0 atom stereocenters. The maximum absolute atomic E-state index is 13.8. The second-order valence-corrected chi connectivity index (χ2v) is 8.32. The van der Waals surface area contributed by atoms with E-state index in [1.807, 2.05) is 30.3 Å². The molecule has 0 saturated heterocycles. The first-order valence-electron chi connectivity index (χ1n) is 11.1. The first kappa shape index (κ1) is 22.4. The highest BCUT2D eigenvalue weighted by Crippen LogP contribution is 2.25. The molecule has 0 radical (unpaired) electrons. The van der Waals surface area contributed by atoms with Gasteiger partial charge in [-0.25, -0.2) is 18.0 Å². The van der Waals surface area contributed by atoms with Crippen LogP contribution in [0.4, 0.5) is 11.4 Å². The monoisotopic (exact) mass is 484 g/mol. The zero-order valence-corrected chi connectivity index (χ0v) is 19.6. The second-order valence-electron chi connectivity index (χ2n) is 7.98. The highest BCUT2D eigenvalue weighted by Gasteiger charge is 2.22. The molecule has 5 rings (SSSR count). The quantitative estimate of drug-likeness (QED) is 0.395. The van der Waals surface area contributed by atoms with Gasteiger partial charge in [-0.1, -0.05) is 55.5 Å². The summed E-state index contributed by atoms with van der Waals surface area (Å²) in [6.45, 7) is 2.06. The van der Waals surface area contributed by atoms with Crippen LogP contribution in [-0.4, -0.2) is 13.2 Å². The molecule has 2 heterocycles. The van der Waals surface area contributed by atoms with E-state index in [0.717, 1.165) is 20.6 Å². The summed E-state index contributed by atoms with van der Waals surface area (Å²) >= 11 is 6.41. The van der Waals surface area contributed by atoms with Gasteiger partial charge in [-0.2, -0.15) is 0 Å². The fourth-order valence-electron chi connectivity index (χ4n) is 4.07. The van der Waals surface area contributed by atoms with Crippen molar-refractivity contribution < 1.29 is 0 Å². The van der Waals surface area contributed by atoms with Crippen LogP contribution < -0.4 is 22.1 Å². The van der Waals surface area contributed by atoms with E-state index in [9.17, 15) is 14.4 Å². The Morgan fingerprint density at radius 1 is 0.771 bits per heavy atom. The molecule has 1 N–H and O–H groups in total. The van der Waals surface area contributed by atoms with Gasteiger partial charge in [0.15, 0.2) is 5.65 Å². The van der Waals surface area contributed by atoms with E-state index >= 15 is 0 Å². The molecular formula is C27H21ClN4O3. The molecule has 0 aliphatic heterocycles. The molecule has 0 aliphatic rings. The van der Waals surface area contributed by atoms with E-state index in [4.69, 9.17) is 11.8 Å². The lowest BCUT2D eigenvalue weighted by atomic mass is 10.1. The summed E-state index contributed by atoms with van der Waals surface area (Å²) in [5.41, 5.74) is 1.14. The Morgan fingerprint density at radius 3 is 1.91 bits per heavy atom. The minimum atomic E-state index is -0.641. The normalized spacial score (nSPS) is 11.0. The van der Waals surface area contributed by atoms with Gasteiger partial charge in [0, 0.05) is 23.5 Å². The number of hydrogen-bond acceptors (Lipinski definition) is 4. The van der Waals surface area contributed by atoms with Crippen LogP contribution in [0.5, 0.6) is 0 Å². The molecule has 3 aromatic carbocycles. The lowest BCUT2D eigenvalue weighted by molar-refractivity contribution is 0.819. The zero-order chi connectivity index (χ0) is 24.5. The van der Waals surface area contributed by atoms with Crippen LogP contribution in [-0.2, 0) is 6.42 Å². The van der Waals surface area contributed by atoms with E-state index < -0.39 is 16.8 Å². The van der Waals surface area contributed by atoms with Crippen LogP contribution in [0.2, 0.25) is 0 Å². The SMILES string of the molecule is CCc1ccc(Nc2cc(=O)n(Cl)c3c2c(=O)n(-c2ccccc2)c(=O)n3-c2ccccc2)cc1. The van der Waals surface area contributed by atoms with Crippen molar-refractivity contribution >= 4 is 34.2 Å². The maximum Gasteiger partial charge on any atom is 0.341 e. The standard InChI is InChI=1S/C27H21ClN4O3/c1-2-18-13-15-19(16-14-18)29-22-17-23(33)32(28)25-24(22)26(34)31(21-11-7-4-8-12-21)27(35)30(25)20-9-5-3-6-10-20/h3-17,29H,2H2,1H3. The van der Waals surface area contributed by atoms with Crippen LogP contribution in [0.15, 0.2) is 105 Å². The first-order valence-corrected chi connectivity index (χ1v) is 11.4. The van der Waals surface area contributed by atoms with Gasteiger partial charge < -0.3 is 5.32 Å². The summed E-state index contributed by atoms with van der Waals surface area (Å²) in [7, 11) is 0. The number of anilines is 2. The van der Waals surface area contributed by atoms with Crippen molar-refractivity contribution in [3.05, 3.63) is 128 Å². The number of benzene rings is 3. The molecule has 0 fully saturated rings.